The van der Waals surface area contributed by atoms with Crippen LogP contribution in [0.2, 0.25) is 0 Å². The third-order valence-corrected chi connectivity index (χ3v) is 5.73. The number of nitrogens with zero attached hydrogens (tertiary/aromatic N) is 5. The van der Waals surface area contributed by atoms with E-state index < -0.39 is 5.82 Å². The van der Waals surface area contributed by atoms with Crippen LogP contribution in [0.5, 0.6) is 0 Å². The van der Waals surface area contributed by atoms with E-state index in [9.17, 15) is 9.50 Å². The van der Waals surface area contributed by atoms with E-state index in [0.717, 1.165) is 34.2 Å². The Morgan fingerprint density at radius 1 is 1.28 bits per heavy atom. The van der Waals surface area contributed by atoms with Gasteiger partial charge < -0.3 is 24.9 Å². The van der Waals surface area contributed by atoms with Gasteiger partial charge in [-0.3, -0.25) is 0 Å². The molecule has 9 heteroatoms. The monoisotopic (exact) mass is 435 g/mol. The van der Waals surface area contributed by atoms with Crippen LogP contribution in [0, 0.1) is 12.4 Å². The zero-order valence-electron chi connectivity index (χ0n) is 18.4. The minimum absolute atomic E-state index is 0.00720. The standard InChI is InChI=1S/C23H26FN7O/c1-5-16(12-32)27-6-7-31-19(14-8-15(24)10-17(9-14)25-2)11-18-21-20(28-13-30(21)4)22(26-3)29-23(18)31/h8-11,13,16,27,32H,5-7,12H2,1,3-4H3,(H,26,29)/t16-/m0/s1. The molecule has 32 heavy (non-hydrogen) atoms. The molecule has 4 rings (SSSR count). The molecule has 0 aliphatic carbocycles. The van der Waals surface area contributed by atoms with Crippen LogP contribution in [0.15, 0.2) is 30.6 Å². The maximum absolute atomic E-state index is 14.3. The van der Waals surface area contributed by atoms with E-state index >= 15 is 0 Å². The van der Waals surface area contributed by atoms with E-state index in [0.29, 0.717) is 24.5 Å². The number of hydrogen-bond acceptors (Lipinski definition) is 5. The van der Waals surface area contributed by atoms with Crippen molar-refractivity contribution in [3.05, 3.63) is 47.8 Å². The number of hydrogen-bond donors (Lipinski definition) is 3. The number of aliphatic hydroxyl groups is 1. The van der Waals surface area contributed by atoms with Crippen molar-refractivity contribution in [3.63, 3.8) is 0 Å². The van der Waals surface area contributed by atoms with E-state index in [1.807, 2.05) is 29.2 Å². The van der Waals surface area contributed by atoms with Crippen molar-refractivity contribution in [2.24, 2.45) is 7.05 Å². The first kappa shape index (κ1) is 21.7. The predicted molar refractivity (Wildman–Crippen MR) is 124 cm³/mol. The number of pyridine rings is 1. The molecule has 8 nitrogen and oxygen atoms in total. The van der Waals surface area contributed by atoms with Crippen LogP contribution in [0.25, 0.3) is 38.2 Å². The molecule has 0 aliphatic heterocycles. The van der Waals surface area contributed by atoms with Gasteiger partial charge in [0.1, 0.15) is 17.0 Å². The van der Waals surface area contributed by atoms with Crippen LogP contribution in [-0.2, 0) is 13.6 Å². The molecule has 0 unspecified atom stereocenters. The predicted octanol–water partition coefficient (Wildman–Crippen LogP) is 3.68. The highest BCUT2D eigenvalue weighted by molar-refractivity contribution is 6.07. The zero-order valence-corrected chi connectivity index (χ0v) is 18.4. The summed E-state index contributed by atoms with van der Waals surface area (Å²) in [5.41, 5.74) is 4.06. The molecule has 0 amide bonds. The Bertz CT molecular complexity index is 1310. The SMILES string of the molecule is [C-]#[N+]c1cc(F)cc(-c2cc3c4c(ncn4C)c(NC)nc3n2CCN[C@@H](CC)CO)c1. The third-order valence-electron chi connectivity index (χ3n) is 5.73. The molecule has 0 saturated heterocycles. The summed E-state index contributed by atoms with van der Waals surface area (Å²) in [6, 6.07) is 6.35. The summed E-state index contributed by atoms with van der Waals surface area (Å²) in [6.45, 7) is 10.5. The number of halogens is 1. The van der Waals surface area contributed by atoms with Gasteiger partial charge in [-0.15, -0.1) is 0 Å². The lowest BCUT2D eigenvalue weighted by atomic mass is 10.1. The fourth-order valence-electron chi connectivity index (χ4n) is 4.06. The quantitative estimate of drug-likeness (QED) is 0.368. The molecule has 166 valence electrons. The fraction of sp³-hybridized carbons (Fsp3) is 0.348. The van der Waals surface area contributed by atoms with Crippen molar-refractivity contribution in [2.45, 2.75) is 25.9 Å². The van der Waals surface area contributed by atoms with E-state index in [1.165, 1.54) is 12.1 Å². The summed E-state index contributed by atoms with van der Waals surface area (Å²) in [5, 5.41) is 16.9. The lowest BCUT2D eigenvalue weighted by Gasteiger charge is -2.16. The number of aryl methyl sites for hydroxylation is 1. The largest absolute Gasteiger partial charge is 0.395 e. The highest BCUT2D eigenvalue weighted by Gasteiger charge is 2.20. The first-order valence-corrected chi connectivity index (χ1v) is 10.5. The van der Waals surface area contributed by atoms with Crippen molar-refractivity contribution in [1.29, 1.82) is 0 Å². The summed E-state index contributed by atoms with van der Waals surface area (Å²) in [7, 11) is 3.73. The van der Waals surface area contributed by atoms with E-state index in [1.54, 1.807) is 19.4 Å². The molecule has 1 aromatic carbocycles. The Labute approximate surface area is 185 Å². The number of anilines is 1. The minimum atomic E-state index is -0.454. The summed E-state index contributed by atoms with van der Waals surface area (Å²) in [6.07, 6.45) is 2.56. The smallest absolute Gasteiger partial charge is 0.190 e. The van der Waals surface area contributed by atoms with Gasteiger partial charge in [-0.05, 0) is 36.2 Å². The lowest BCUT2D eigenvalue weighted by molar-refractivity contribution is 0.238. The molecular formula is C23H26FN7O. The van der Waals surface area contributed by atoms with Gasteiger partial charge in [0.2, 0.25) is 0 Å². The van der Waals surface area contributed by atoms with E-state index in [-0.39, 0.29) is 18.3 Å². The number of nitrogens with one attached hydrogen (secondary N) is 2. The highest BCUT2D eigenvalue weighted by atomic mass is 19.1. The molecule has 3 aromatic heterocycles. The summed E-state index contributed by atoms with van der Waals surface area (Å²) in [4.78, 5) is 12.7. The average Bonchev–Trinajstić information content (AvgIpc) is 3.36. The Balaban J connectivity index is 1.93. The molecule has 0 saturated carbocycles. The molecule has 0 radical (unpaired) electrons. The number of aromatic nitrogens is 4. The first-order chi connectivity index (χ1) is 15.5. The molecule has 1 atom stereocenters. The minimum Gasteiger partial charge on any atom is -0.395 e. The Hall–Kier alpha value is -3.48. The fourth-order valence-corrected chi connectivity index (χ4v) is 4.06. The summed E-state index contributed by atoms with van der Waals surface area (Å²) < 4.78 is 18.3. The van der Waals surface area contributed by atoms with Crippen LogP contribution in [0.4, 0.5) is 15.9 Å². The molecule has 3 heterocycles. The maximum atomic E-state index is 14.3. The second kappa shape index (κ2) is 8.94. The number of aliphatic hydroxyl groups excluding tert-OH is 1. The number of fused-ring (bicyclic) bond motifs is 3. The number of rotatable bonds is 8. The summed E-state index contributed by atoms with van der Waals surface area (Å²) in [5.74, 6) is 0.208. The Morgan fingerprint density at radius 3 is 2.78 bits per heavy atom. The van der Waals surface area contributed by atoms with Crippen molar-refractivity contribution in [3.8, 4) is 11.3 Å². The molecule has 0 fully saturated rings. The number of imidazole rings is 1. The molecule has 3 N–H and O–H groups in total. The van der Waals surface area contributed by atoms with Crippen LogP contribution in [-0.4, -0.2) is 50.4 Å². The van der Waals surface area contributed by atoms with Gasteiger partial charge in [-0.2, -0.15) is 0 Å². The molecule has 0 spiro atoms. The van der Waals surface area contributed by atoms with Gasteiger partial charge in [-0.1, -0.05) is 6.92 Å². The number of benzene rings is 1. The van der Waals surface area contributed by atoms with Gasteiger partial charge in [0.15, 0.2) is 11.5 Å². The maximum Gasteiger partial charge on any atom is 0.190 e. The normalized spacial score (nSPS) is 12.4. The van der Waals surface area contributed by atoms with E-state index in [4.69, 9.17) is 11.6 Å². The van der Waals surface area contributed by atoms with Crippen LogP contribution in [0.1, 0.15) is 13.3 Å². The van der Waals surface area contributed by atoms with Crippen molar-refractivity contribution in [2.75, 3.05) is 25.5 Å². The molecular weight excluding hydrogens is 409 g/mol. The van der Waals surface area contributed by atoms with Crippen molar-refractivity contribution >= 4 is 33.6 Å². The highest BCUT2D eigenvalue weighted by Crippen LogP contribution is 2.35. The van der Waals surface area contributed by atoms with Crippen LogP contribution >= 0.6 is 0 Å². The summed E-state index contributed by atoms with van der Waals surface area (Å²) >= 11 is 0. The van der Waals surface area contributed by atoms with Gasteiger partial charge in [-0.25, -0.2) is 19.2 Å². The van der Waals surface area contributed by atoms with Crippen molar-refractivity contribution in [1.82, 2.24) is 24.4 Å². The average molecular weight is 436 g/mol. The van der Waals surface area contributed by atoms with Gasteiger partial charge in [0.25, 0.3) is 0 Å². The lowest BCUT2D eigenvalue weighted by Crippen LogP contribution is -2.34. The Kier molecular flexibility index (Phi) is 6.08. The zero-order chi connectivity index (χ0) is 22.8. The van der Waals surface area contributed by atoms with Crippen LogP contribution < -0.4 is 10.6 Å². The second-order valence-electron chi connectivity index (χ2n) is 7.73. The molecule has 0 bridgehead atoms. The van der Waals surface area contributed by atoms with Gasteiger partial charge in [0.05, 0.1) is 25.0 Å². The molecule has 4 aromatic rings. The molecule has 0 aliphatic rings. The first-order valence-electron chi connectivity index (χ1n) is 10.5. The topological polar surface area (TPSA) is 84.3 Å². The van der Waals surface area contributed by atoms with Crippen LogP contribution in [0.3, 0.4) is 0 Å². The Morgan fingerprint density at radius 2 is 2.09 bits per heavy atom. The van der Waals surface area contributed by atoms with Crippen molar-refractivity contribution < 1.29 is 9.50 Å². The van der Waals surface area contributed by atoms with E-state index in [2.05, 4.69) is 20.5 Å². The second-order valence-corrected chi connectivity index (χ2v) is 7.73. The van der Waals surface area contributed by atoms with Gasteiger partial charge >= 0.3 is 0 Å². The third kappa shape index (κ3) is 3.79. The van der Waals surface area contributed by atoms with Gasteiger partial charge in [0, 0.05) is 44.3 Å².